The van der Waals surface area contributed by atoms with Gasteiger partial charge in [0.1, 0.15) is 0 Å². The van der Waals surface area contributed by atoms with Gasteiger partial charge in [-0.25, -0.2) is 0 Å². The molecule has 1 saturated heterocycles. The van der Waals surface area contributed by atoms with E-state index in [1.807, 2.05) is 0 Å². The van der Waals surface area contributed by atoms with E-state index in [2.05, 4.69) is 51.9 Å². The maximum Gasteiger partial charge on any atom is 0.0240 e. The molecule has 0 aliphatic carbocycles. The second kappa shape index (κ2) is 5.05. The molecule has 1 rings (SSSR count). The fourth-order valence-corrected chi connectivity index (χ4v) is 2.76. The normalized spacial score (nSPS) is 24.4. The minimum atomic E-state index is 0.344. The summed E-state index contributed by atoms with van der Waals surface area (Å²) in [5, 5.41) is 3.47. The Morgan fingerprint density at radius 1 is 1.31 bits per heavy atom. The number of piperidine rings is 1. The number of nitrogens with one attached hydrogen (secondary N) is 1. The fraction of sp³-hybridized carbons (Fsp3) is 1.00. The molecule has 0 aromatic heterocycles. The molecule has 1 N–H and O–H groups in total. The van der Waals surface area contributed by atoms with E-state index in [1.165, 1.54) is 32.5 Å². The van der Waals surface area contributed by atoms with Gasteiger partial charge in [-0.05, 0) is 37.3 Å². The molecule has 0 amide bonds. The Kier molecular flexibility index (Phi) is 4.42. The highest BCUT2D eigenvalue weighted by atomic mass is 15.2. The van der Waals surface area contributed by atoms with Crippen LogP contribution < -0.4 is 5.32 Å². The summed E-state index contributed by atoms with van der Waals surface area (Å²) >= 11 is 0. The first kappa shape index (κ1) is 14.0. The van der Waals surface area contributed by atoms with E-state index in [0.717, 1.165) is 0 Å². The predicted octanol–water partition coefficient (Wildman–Crippen LogP) is 2.74. The third kappa shape index (κ3) is 4.06. The minimum Gasteiger partial charge on any atom is -0.315 e. The number of likely N-dealkylation sites (tertiary alicyclic amines) is 1. The first-order chi connectivity index (χ1) is 7.24. The van der Waals surface area contributed by atoms with E-state index in [-0.39, 0.29) is 0 Å². The van der Waals surface area contributed by atoms with E-state index >= 15 is 0 Å². The monoisotopic (exact) mass is 226 g/mol. The van der Waals surface area contributed by atoms with E-state index in [1.54, 1.807) is 0 Å². The van der Waals surface area contributed by atoms with E-state index in [4.69, 9.17) is 0 Å². The van der Waals surface area contributed by atoms with Crippen molar-refractivity contribution in [2.24, 2.45) is 10.8 Å². The first-order valence-electron chi connectivity index (χ1n) is 6.64. The second-order valence-corrected chi connectivity index (χ2v) is 7.21. The summed E-state index contributed by atoms with van der Waals surface area (Å²) in [5.41, 5.74) is 0.852. The summed E-state index contributed by atoms with van der Waals surface area (Å²) in [6, 6.07) is 0.585. The predicted molar refractivity (Wildman–Crippen MR) is 71.8 cm³/mol. The second-order valence-electron chi connectivity index (χ2n) is 7.21. The standard InChI is InChI=1S/C14H30N2/c1-13(2,3)12(15-6)10-16-9-7-8-14(4,5)11-16/h12,15H,7-11H2,1-6H3. The SMILES string of the molecule is CNC(CN1CCCC(C)(C)C1)C(C)(C)C. The van der Waals surface area contributed by atoms with E-state index in [9.17, 15) is 0 Å². The van der Waals surface area contributed by atoms with Crippen LogP contribution in [-0.4, -0.2) is 37.6 Å². The van der Waals surface area contributed by atoms with Crippen LogP contribution in [0, 0.1) is 10.8 Å². The molecular weight excluding hydrogens is 196 g/mol. The molecule has 0 spiro atoms. The molecule has 0 radical (unpaired) electrons. The lowest BCUT2D eigenvalue weighted by Crippen LogP contribution is -2.51. The van der Waals surface area contributed by atoms with E-state index < -0.39 is 0 Å². The molecule has 2 nitrogen and oxygen atoms in total. The van der Waals surface area contributed by atoms with Crippen LogP contribution in [0.4, 0.5) is 0 Å². The van der Waals surface area contributed by atoms with Crippen molar-refractivity contribution in [2.45, 2.75) is 53.5 Å². The molecule has 0 aromatic rings. The van der Waals surface area contributed by atoms with Crippen LogP contribution in [0.1, 0.15) is 47.5 Å². The Hall–Kier alpha value is -0.0800. The van der Waals surface area contributed by atoms with Crippen molar-refractivity contribution < 1.29 is 0 Å². The summed E-state index contributed by atoms with van der Waals surface area (Å²) in [7, 11) is 2.09. The molecule has 0 aromatic carbocycles. The quantitative estimate of drug-likeness (QED) is 0.796. The molecule has 1 aliphatic rings. The topological polar surface area (TPSA) is 15.3 Å². The van der Waals surface area contributed by atoms with Gasteiger partial charge in [0, 0.05) is 19.1 Å². The average molecular weight is 226 g/mol. The van der Waals surface area contributed by atoms with Crippen molar-refractivity contribution in [1.29, 1.82) is 0 Å². The maximum atomic E-state index is 3.47. The van der Waals surface area contributed by atoms with Gasteiger partial charge in [-0.3, -0.25) is 0 Å². The fourth-order valence-electron chi connectivity index (χ4n) is 2.76. The van der Waals surface area contributed by atoms with Gasteiger partial charge in [-0.1, -0.05) is 34.6 Å². The third-order valence-electron chi connectivity index (χ3n) is 3.81. The van der Waals surface area contributed by atoms with Crippen LogP contribution in [0.3, 0.4) is 0 Å². The molecule has 0 saturated carbocycles. The molecule has 96 valence electrons. The Labute approximate surface area is 102 Å². The van der Waals surface area contributed by atoms with Crippen molar-refractivity contribution in [3.63, 3.8) is 0 Å². The van der Waals surface area contributed by atoms with Gasteiger partial charge in [0.25, 0.3) is 0 Å². The average Bonchev–Trinajstić information content (AvgIpc) is 2.10. The molecule has 1 atom stereocenters. The van der Waals surface area contributed by atoms with Crippen molar-refractivity contribution in [2.75, 3.05) is 26.7 Å². The Morgan fingerprint density at radius 3 is 2.38 bits per heavy atom. The summed E-state index contributed by atoms with van der Waals surface area (Å²) in [4.78, 5) is 2.63. The highest BCUT2D eigenvalue weighted by molar-refractivity contribution is 4.86. The molecular formula is C14H30N2. The lowest BCUT2D eigenvalue weighted by atomic mass is 9.82. The number of hydrogen-bond acceptors (Lipinski definition) is 2. The summed E-state index contributed by atoms with van der Waals surface area (Å²) in [6.07, 6.45) is 2.73. The van der Waals surface area contributed by atoms with Crippen molar-refractivity contribution in [3.05, 3.63) is 0 Å². The zero-order chi connectivity index (χ0) is 12.4. The summed E-state index contributed by atoms with van der Waals surface area (Å²) < 4.78 is 0. The van der Waals surface area contributed by atoms with Crippen LogP contribution in [0.15, 0.2) is 0 Å². The van der Waals surface area contributed by atoms with E-state index in [0.29, 0.717) is 16.9 Å². The smallest absolute Gasteiger partial charge is 0.0240 e. The lowest BCUT2D eigenvalue weighted by molar-refractivity contribution is 0.0896. The maximum absolute atomic E-state index is 3.47. The largest absolute Gasteiger partial charge is 0.315 e. The highest BCUT2D eigenvalue weighted by Gasteiger charge is 2.30. The van der Waals surface area contributed by atoms with Crippen LogP contribution in [-0.2, 0) is 0 Å². The van der Waals surface area contributed by atoms with Gasteiger partial charge in [0.05, 0.1) is 0 Å². The van der Waals surface area contributed by atoms with Gasteiger partial charge in [0.2, 0.25) is 0 Å². The van der Waals surface area contributed by atoms with Crippen molar-refractivity contribution in [3.8, 4) is 0 Å². The van der Waals surface area contributed by atoms with Crippen LogP contribution in [0.2, 0.25) is 0 Å². The zero-order valence-corrected chi connectivity index (χ0v) is 12.1. The number of hydrogen-bond donors (Lipinski definition) is 1. The van der Waals surface area contributed by atoms with Crippen molar-refractivity contribution >= 4 is 0 Å². The van der Waals surface area contributed by atoms with Crippen LogP contribution in [0.5, 0.6) is 0 Å². The Morgan fingerprint density at radius 2 is 1.94 bits per heavy atom. The lowest BCUT2D eigenvalue weighted by Gasteiger charge is -2.42. The number of nitrogens with zero attached hydrogens (tertiary/aromatic N) is 1. The molecule has 1 aliphatic heterocycles. The number of likely N-dealkylation sites (N-methyl/N-ethyl adjacent to an activating group) is 1. The zero-order valence-electron chi connectivity index (χ0n) is 12.1. The molecule has 1 heterocycles. The molecule has 1 unspecified atom stereocenters. The molecule has 2 heteroatoms. The molecule has 1 fully saturated rings. The third-order valence-corrected chi connectivity index (χ3v) is 3.81. The molecule has 0 bridgehead atoms. The van der Waals surface area contributed by atoms with Gasteiger partial charge < -0.3 is 10.2 Å². The Balaban J connectivity index is 2.52. The minimum absolute atomic E-state index is 0.344. The van der Waals surface area contributed by atoms with Gasteiger partial charge >= 0.3 is 0 Å². The number of rotatable bonds is 3. The van der Waals surface area contributed by atoms with Gasteiger partial charge in [-0.2, -0.15) is 0 Å². The highest BCUT2D eigenvalue weighted by Crippen LogP contribution is 2.29. The first-order valence-corrected chi connectivity index (χ1v) is 6.64. The molecule has 16 heavy (non-hydrogen) atoms. The Bertz CT molecular complexity index is 215. The van der Waals surface area contributed by atoms with Gasteiger partial charge in [0.15, 0.2) is 0 Å². The van der Waals surface area contributed by atoms with Crippen LogP contribution in [0.25, 0.3) is 0 Å². The van der Waals surface area contributed by atoms with Crippen molar-refractivity contribution in [1.82, 2.24) is 10.2 Å². The van der Waals surface area contributed by atoms with Gasteiger partial charge in [-0.15, -0.1) is 0 Å². The summed E-state index contributed by atoms with van der Waals surface area (Å²) in [5.74, 6) is 0. The summed E-state index contributed by atoms with van der Waals surface area (Å²) in [6.45, 7) is 15.5. The van der Waals surface area contributed by atoms with Crippen LogP contribution >= 0.6 is 0 Å².